The predicted molar refractivity (Wildman–Crippen MR) is 80.0 cm³/mol. The molecule has 0 amide bonds. The lowest BCUT2D eigenvalue weighted by Gasteiger charge is -2.40. The Hall–Kier alpha value is -0.860. The molecule has 1 unspecified atom stereocenters. The van der Waals surface area contributed by atoms with E-state index in [2.05, 4.69) is 36.1 Å². The molecule has 1 aliphatic carbocycles. The maximum absolute atomic E-state index is 6.14. The van der Waals surface area contributed by atoms with Gasteiger partial charge in [0.15, 0.2) is 0 Å². The van der Waals surface area contributed by atoms with Crippen LogP contribution in [0.25, 0.3) is 0 Å². The Morgan fingerprint density at radius 2 is 2.00 bits per heavy atom. The number of nitrogens with zero attached hydrogens (tertiary/aromatic N) is 1. The van der Waals surface area contributed by atoms with Crippen molar-refractivity contribution in [1.29, 1.82) is 0 Å². The van der Waals surface area contributed by atoms with Crippen molar-refractivity contribution in [3.63, 3.8) is 0 Å². The highest BCUT2D eigenvalue weighted by Crippen LogP contribution is 2.39. The van der Waals surface area contributed by atoms with E-state index in [4.69, 9.17) is 5.73 Å². The lowest BCUT2D eigenvalue weighted by Crippen LogP contribution is -2.51. The maximum atomic E-state index is 6.14. The number of hydrogen-bond donors (Lipinski definition) is 1. The fourth-order valence-electron chi connectivity index (χ4n) is 3.45. The molecule has 19 heavy (non-hydrogen) atoms. The molecule has 1 fully saturated rings. The normalized spacial score (nSPS) is 23.5. The second-order valence-electron chi connectivity index (χ2n) is 6.64. The van der Waals surface area contributed by atoms with Crippen LogP contribution in [0.3, 0.4) is 0 Å². The van der Waals surface area contributed by atoms with E-state index in [9.17, 15) is 0 Å². The van der Waals surface area contributed by atoms with Gasteiger partial charge in [0.2, 0.25) is 0 Å². The molecule has 2 N–H and O–H groups in total. The first kappa shape index (κ1) is 13.1. The molecule has 1 aromatic carbocycles. The first-order valence-electron chi connectivity index (χ1n) is 7.73. The summed E-state index contributed by atoms with van der Waals surface area (Å²) in [7, 11) is 0. The van der Waals surface area contributed by atoms with Crippen LogP contribution in [0, 0.1) is 5.92 Å². The Labute approximate surface area is 117 Å². The van der Waals surface area contributed by atoms with Crippen molar-refractivity contribution in [2.24, 2.45) is 11.7 Å². The number of fused-ring (bicyclic) bond motifs is 1. The topological polar surface area (TPSA) is 29.3 Å². The maximum Gasteiger partial charge on any atom is 0.0309 e. The van der Waals surface area contributed by atoms with Crippen LogP contribution in [0.4, 0.5) is 0 Å². The average molecular weight is 258 g/mol. The van der Waals surface area contributed by atoms with Gasteiger partial charge in [-0.25, -0.2) is 0 Å². The third-order valence-electron chi connectivity index (χ3n) is 4.98. The average Bonchev–Trinajstić information content (AvgIpc) is 3.23. The second kappa shape index (κ2) is 5.26. The highest BCUT2D eigenvalue weighted by atomic mass is 15.2. The third-order valence-corrected chi connectivity index (χ3v) is 4.98. The van der Waals surface area contributed by atoms with Crippen molar-refractivity contribution in [3.8, 4) is 0 Å². The van der Waals surface area contributed by atoms with Crippen molar-refractivity contribution < 1.29 is 0 Å². The smallest absolute Gasteiger partial charge is 0.0309 e. The van der Waals surface area contributed by atoms with Gasteiger partial charge in [0.1, 0.15) is 0 Å². The van der Waals surface area contributed by atoms with Crippen LogP contribution in [0.2, 0.25) is 0 Å². The van der Waals surface area contributed by atoms with Gasteiger partial charge in [0.05, 0.1) is 0 Å². The summed E-state index contributed by atoms with van der Waals surface area (Å²) in [6.45, 7) is 5.43. The Bertz CT molecular complexity index is 439. The van der Waals surface area contributed by atoms with E-state index >= 15 is 0 Å². The highest BCUT2D eigenvalue weighted by Gasteiger charge is 2.37. The molecule has 1 heterocycles. The minimum absolute atomic E-state index is 0.193. The van der Waals surface area contributed by atoms with Crippen molar-refractivity contribution in [2.45, 2.75) is 51.1 Å². The van der Waals surface area contributed by atoms with Crippen LogP contribution >= 0.6 is 0 Å². The van der Waals surface area contributed by atoms with Gasteiger partial charge in [-0.15, -0.1) is 0 Å². The standard InChI is InChI=1S/C17H26N2/c1-17(13-18,11-14-8-9-14)19-10-4-7-15-5-2-3-6-16(15)12-19/h2-3,5-6,14H,4,7-13,18H2,1H3. The molecule has 1 aromatic rings. The van der Waals surface area contributed by atoms with Crippen LogP contribution in [0.1, 0.15) is 43.7 Å². The van der Waals surface area contributed by atoms with Crippen molar-refractivity contribution in [1.82, 2.24) is 4.90 Å². The van der Waals surface area contributed by atoms with E-state index in [1.54, 1.807) is 0 Å². The SMILES string of the molecule is CC(CN)(CC1CC1)N1CCCc2ccccc2C1. The van der Waals surface area contributed by atoms with Crippen LogP contribution in [-0.2, 0) is 13.0 Å². The molecule has 2 nitrogen and oxygen atoms in total. The fraction of sp³-hybridized carbons (Fsp3) is 0.647. The van der Waals surface area contributed by atoms with E-state index in [1.807, 2.05) is 0 Å². The van der Waals surface area contributed by atoms with Gasteiger partial charge >= 0.3 is 0 Å². The number of rotatable bonds is 4. The van der Waals surface area contributed by atoms with E-state index in [-0.39, 0.29) is 5.54 Å². The Morgan fingerprint density at radius 1 is 1.26 bits per heavy atom. The number of nitrogens with two attached hydrogens (primary N) is 1. The quantitative estimate of drug-likeness (QED) is 0.899. The largest absolute Gasteiger partial charge is 0.329 e. The van der Waals surface area contributed by atoms with Crippen LogP contribution in [0.15, 0.2) is 24.3 Å². The van der Waals surface area contributed by atoms with Gasteiger partial charge in [-0.1, -0.05) is 37.1 Å². The molecule has 2 aliphatic rings. The van der Waals surface area contributed by atoms with Crippen LogP contribution < -0.4 is 5.73 Å². The monoisotopic (exact) mass is 258 g/mol. The van der Waals surface area contributed by atoms with Crippen molar-refractivity contribution >= 4 is 0 Å². The minimum atomic E-state index is 0.193. The Balaban J connectivity index is 1.80. The summed E-state index contributed by atoms with van der Waals surface area (Å²) in [6.07, 6.45) is 6.60. The first-order chi connectivity index (χ1) is 9.21. The molecule has 1 saturated carbocycles. The lowest BCUT2D eigenvalue weighted by molar-refractivity contribution is 0.0890. The third kappa shape index (κ3) is 2.85. The van der Waals surface area contributed by atoms with Crippen LogP contribution in [0.5, 0.6) is 0 Å². The molecule has 1 atom stereocenters. The van der Waals surface area contributed by atoms with Gasteiger partial charge in [-0.2, -0.15) is 0 Å². The predicted octanol–water partition coefficient (Wildman–Crippen LogP) is 2.95. The molecule has 3 rings (SSSR count). The van der Waals surface area contributed by atoms with Crippen molar-refractivity contribution in [3.05, 3.63) is 35.4 Å². The van der Waals surface area contributed by atoms with E-state index < -0.39 is 0 Å². The number of hydrogen-bond acceptors (Lipinski definition) is 2. The second-order valence-corrected chi connectivity index (χ2v) is 6.64. The fourth-order valence-corrected chi connectivity index (χ4v) is 3.45. The minimum Gasteiger partial charge on any atom is -0.329 e. The van der Waals surface area contributed by atoms with Gasteiger partial charge in [0.25, 0.3) is 0 Å². The Kier molecular flexibility index (Phi) is 3.64. The number of benzene rings is 1. The first-order valence-corrected chi connectivity index (χ1v) is 7.73. The van der Waals surface area contributed by atoms with E-state index in [1.165, 1.54) is 49.8 Å². The van der Waals surface area contributed by atoms with Crippen molar-refractivity contribution in [2.75, 3.05) is 13.1 Å². The molecule has 0 radical (unpaired) electrons. The zero-order valence-electron chi connectivity index (χ0n) is 12.1. The molecule has 2 heteroatoms. The zero-order valence-corrected chi connectivity index (χ0v) is 12.1. The summed E-state index contributed by atoms with van der Waals surface area (Å²) in [5.74, 6) is 0.937. The van der Waals surface area contributed by atoms with E-state index in [0.29, 0.717) is 0 Å². The zero-order chi connectivity index (χ0) is 13.3. The lowest BCUT2D eigenvalue weighted by atomic mass is 9.92. The van der Waals surface area contributed by atoms with Gasteiger partial charge in [-0.3, -0.25) is 4.90 Å². The van der Waals surface area contributed by atoms with Gasteiger partial charge in [0, 0.05) is 18.6 Å². The highest BCUT2D eigenvalue weighted by molar-refractivity contribution is 5.28. The molecular formula is C17H26N2. The van der Waals surface area contributed by atoms with Gasteiger partial charge < -0.3 is 5.73 Å². The Morgan fingerprint density at radius 3 is 2.68 bits per heavy atom. The van der Waals surface area contributed by atoms with Gasteiger partial charge in [-0.05, 0) is 49.8 Å². The molecule has 0 saturated heterocycles. The summed E-state index contributed by atoms with van der Waals surface area (Å²) < 4.78 is 0. The summed E-state index contributed by atoms with van der Waals surface area (Å²) in [5, 5.41) is 0. The summed E-state index contributed by atoms with van der Waals surface area (Å²) >= 11 is 0. The molecular weight excluding hydrogens is 232 g/mol. The summed E-state index contributed by atoms with van der Waals surface area (Å²) in [4.78, 5) is 2.65. The molecule has 0 aromatic heterocycles. The molecule has 0 spiro atoms. The summed E-state index contributed by atoms with van der Waals surface area (Å²) in [6, 6.07) is 8.92. The molecule has 1 aliphatic heterocycles. The molecule has 0 bridgehead atoms. The summed E-state index contributed by atoms with van der Waals surface area (Å²) in [5.41, 5.74) is 9.38. The molecule has 104 valence electrons. The number of aryl methyl sites for hydroxylation is 1. The van der Waals surface area contributed by atoms with E-state index in [0.717, 1.165) is 19.0 Å². The van der Waals surface area contributed by atoms with Crippen LogP contribution in [-0.4, -0.2) is 23.5 Å².